The highest BCUT2D eigenvalue weighted by Gasteiger charge is 2.50. The van der Waals surface area contributed by atoms with Crippen LogP contribution in [0.1, 0.15) is 71.9 Å². The van der Waals surface area contributed by atoms with Crippen LogP contribution in [0, 0.1) is 10.8 Å². The van der Waals surface area contributed by atoms with Gasteiger partial charge in [0.2, 0.25) is 0 Å². The minimum absolute atomic E-state index is 0.0465. The van der Waals surface area contributed by atoms with E-state index < -0.39 is 9.84 Å². The van der Waals surface area contributed by atoms with E-state index in [4.69, 9.17) is 0 Å². The molecule has 2 atom stereocenters. The van der Waals surface area contributed by atoms with Crippen LogP contribution in [0.5, 0.6) is 0 Å². The number of hydrogen-bond donors (Lipinski definition) is 1. The number of likely N-dealkylation sites (tertiary alicyclic amines) is 1. The monoisotopic (exact) mass is 482 g/mol. The van der Waals surface area contributed by atoms with Gasteiger partial charge in [0.05, 0.1) is 5.75 Å². The number of sulfone groups is 1. The number of rotatable bonds is 6. The normalized spacial score (nSPS) is 23.5. The van der Waals surface area contributed by atoms with Gasteiger partial charge in [-0.05, 0) is 65.5 Å². The van der Waals surface area contributed by atoms with Crippen LogP contribution >= 0.6 is 0 Å². The molecule has 182 valence electrons. The summed E-state index contributed by atoms with van der Waals surface area (Å²) in [6.07, 6.45) is 4.47. The first kappa shape index (κ1) is 24.5. The lowest BCUT2D eigenvalue weighted by molar-refractivity contribution is 0.0708. The van der Waals surface area contributed by atoms with E-state index in [0.29, 0.717) is 29.3 Å². The first-order valence-corrected chi connectivity index (χ1v) is 13.8. The maximum Gasteiger partial charge on any atom is 0.254 e. The van der Waals surface area contributed by atoms with Gasteiger partial charge in [0, 0.05) is 36.5 Å². The van der Waals surface area contributed by atoms with E-state index >= 15 is 0 Å². The van der Waals surface area contributed by atoms with Crippen LogP contribution in [-0.2, 0) is 22.1 Å². The summed E-state index contributed by atoms with van der Waals surface area (Å²) in [7, 11) is -3.11. The van der Waals surface area contributed by atoms with Gasteiger partial charge in [-0.25, -0.2) is 8.42 Å². The van der Waals surface area contributed by atoms with Gasteiger partial charge in [0.15, 0.2) is 9.84 Å². The number of nitrogens with zero attached hydrogens (tertiary/aromatic N) is 1. The Morgan fingerprint density at radius 1 is 0.941 bits per heavy atom. The molecule has 1 aliphatic carbocycles. The van der Waals surface area contributed by atoms with Crippen LogP contribution < -0.4 is 5.32 Å². The number of amides is 2. The van der Waals surface area contributed by atoms with Crippen molar-refractivity contribution in [1.82, 2.24) is 10.2 Å². The molecule has 0 radical (unpaired) electrons. The Bertz CT molecular complexity index is 1190. The Labute approximate surface area is 202 Å². The van der Waals surface area contributed by atoms with Gasteiger partial charge in [-0.2, -0.15) is 0 Å². The number of benzene rings is 2. The summed E-state index contributed by atoms with van der Waals surface area (Å²) in [5.41, 5.74) is 3.19. The SMILES string of the molecule is CC1(C)CC2CC(C)(CN2C(=O)c2ccc(CNC(=O)c3ccc(CS(C)(=O)=O)cc3)cc2)C1. The van der Waals surface area contributed by atoms with Gasteiger partial charge in [0.25, 0.3) is 11.8 Å². The van der Waals surface area contributed by atoms with E-state index in [0.717, 1.165) is 31.4 Å². The van der Waals surface area contributed by atoms with Gasteiger partial charge in [-0.3, -0.25) is 9.59 Å². The van der Waals surface area contributed by atoms with Gasteiger partial charge in [0.1, 0.15) is 0 Å². The Balaban J connectivity index is 1.34. The third-order valence-electron chi connectivity index (χ3n) is 6.97. The first-order chi connectivity index (χ1) is 15.8. The molecule has 34 heavy (non-hydrogen) atoms. The predicted molar refractivity (Wildman–Crippen MR) is 133 cm³/mol. The van der Waals surface area contributed by atoms with Crippen LogP contribution in [0.2, 0.25) is 0 Å². The van der Waals surface area contributed by atoms with Crippen molar-refractivity contribution in [3.63, 3.8) is 0 Å². The zero-order chi connectivity index (χ0) is 24.7. The first-order valence-electron chi connectivity index (χ1n) is 11.8. The molecule has 2 aliphatic rings. The lowest BCUT2D eigenvalue weighted by Crippen LogP contribution is -2.37. The molecule has 1 saturated heterocycles. The van der Waals surface area contributed by atoms with E-state index in [1.54, 1.807) is 24.3 Å². The van der Waals surface area contributed by atoms with Crippen molar-refractivity contribution in [3.05, 3.63) is 70.8 Å². The van der Waals surface area contributed by atoms with Gasteiger partial charge in [-0.1, -0.05) is 45.0 Å². The zero-order valence-corrected chi connectivity index (χ0v) is 21.2. The summed E-state index contributed by atoms with van der Waals surface area (Å²) in [6, 6.07) is 14.4. The molecule has 7 heteroatoms. The Morgan fingerprint density at radius 3 is 2.15 bits per heavy atom. The fourth-order valence-corrected chi connectivity index (χ4v) is 6.77. The van der Waals surface area contributed by atoms with Crippen LogP contribution in [-0.4, -0.2) is 44.0 Å². The van der Waals surface area contributed by atoms with E-state index in [1.807, 2.05) is 24.3 Å². The van der Waals surface area contributed by atoms with E-state index in [-0.39, 0.29) is 28.4 Å². The van der Waals surface area contributed by atoms with Gasteiger partial charge < -0.3 is 10.2 Å². The second-order valence-corrected chi connectivity index (χ2v) is 13.4. The highest BCUT2D eigenvalue weighted by molar-refractivity contribution is 7.89. The molecule has 1 heterocycles. The molecule has 2 unspecified atom stereocenters. The molecule has 1 saturated carbocycles. The highest BCUT2D eigenvalue weighted by Crippen LogP contribution is 2.52. The summed E-state index contributed by atoms with van der Waals surface area (Å²) in [5, 5.41) is 2.88. The lowest BCUT2D eigenvalue weighted by Gasteiger charge is -2.39. The lowest BCUT2D eigenvalue weighted by atomic mass is 9.65. The molecule has 2 bridgehead atoms. The molecule has 0 spiro atoms. The minimum atomic E-state index is -3.11. The standard InChI is InChI=1S/C27H34N2O4S/c1-26(2)13-23-14-27(3,17-26)18-29(23)25(31)22-11-5-19(6-12-22)15-28-24(30)21-9-7-20(8-10-21)16-34(4,32)33/h5-12,23H,13-18H2,1-4H3,(H,28,30). The largest absolute Gasteiger partial charge is 0.348 e. The summed E-state index contributed by atoms with van der Waals surface area (Å²) < 4.78 is 22.8. The zero-order valence-electron chi connectivity index (χ0n) is 20.4. The number of fused-ring (bicyclic) bond motifs is 2. The van der Waals surface area contributed by atoms with Gasteiger partial charge in [-0.15, -0.1) is 0 Å². The smallest absolute Gasteiger partial charge is 0.254 e. The molecule has 1 aliphatic heterocycles. The minimum Gasteiger partial charge on any atom is -0.348 e. The van der Waals surface area contributed by atoms with Crippen molar-refractivity contribution < 1.29 is 18.0 Å². The molecular formula is C27H34N2O4S. The number of nitrogens with one attached hydrogen (secondary N) is 1. The topological polar surface area (TPSA) is 83.6 Å². The molecule has 2 amide bonds. The highest BCUT2D eigenvalue weighted by atomic mass is 32.2. The maximum absolute atomic E-state index is 13.2. The van der Waals surface area contributed by atoms with E-state index in [1.165, 1.54) is 6.26 Å². The molecule has 2 aromatic rings. The maximum atomic E-state index is 13.2. The van der Waals surface area contributed by atoms with Crippen LogP contribution in [0.25, 0.3) is 0 Å². The third-order valence-corrected chi connectivity index (χ3v) is 7.83. The van der Waals surface area contributed by atoms with Crippen molar-refractivity contribution in [3.8, 4) is 0 Å². The molecule has 6 nitrogen and oxygen atoms in total. The fourth-order valence-electron chi connectivity index (χ4n) is 5.97. The van der Waals surface area contributed by atoms with Gasteiger partial charge >= 0.3 is 0 Å². The Kier molecular flexibility index (Phi) is 6.36. The van der Waals surface area contributed by atoms with Crippen LogP contribution in [0.15, 0.2) is 48.5 Å². The van der Waals surface area contributed by atoms with E-state index in [9.17, 15) is 18.0 Å². The second kappa shape index (κ2) is 8.84. The fraction of sp³-hybridized carbons (Fsp3) is 0.481. The van der Waals surface area contributed by atoms with Crippen molar-refractivity contribution in [2.45, 2.75) is 58.4 Å². The third kappa shape index (κ3) is 5.69. The van der Waals surface area contributed by atoms with Crippen molar-refractivity contribution >= 4 is 21.7 Å². The summed E-state index contributed by atoms with van der Waals surface area (Å²) in [6.45, 7) is 8.08. The molecule has 2 fully saturated rings. The Morgan fingerprint density at radius 2 is 1.53 bits per heavy atom. The second-order valence-electron chi connectivity index (χ2n) is 11.3. The van der Waals surface area contributed by atoms with Crippen LogP contribution in [0.3, 0.4) is 0 Å². The number of carbonyl (C=O) groups excluding carboxylic acids is 2. The van der Waals surface area contributed by atoms with Crippen molar-refractivity contribution in [2.24, 2.45) is 10.8 Å². The molecule has 0 aromatic heterocycles. The number of hydrogen-bond acceptors (Lipinski definition) is 4. The molecule has 1 N–H and O–H groups in total. The molecule has 4 rings (SSSR count). The van der Waals surface area contributed by atoms with Crippen molar-refractivity contribution in [1.29, 1.82) is 0 Å². The van der Waals surface area contributed by atoms with Crippen molar-refractivity contribution in [2.75, 3.05) is 12.8 Å². The predicted octanol–water partition coefficient (Wildman–Crippen LogP) is 4.20. The quantitative estimate of drug-likeness (QED) is 0.669. The molecule has 2 aromatic carbocycles. The molecular weight excluding hydrogens is 448 g/mol. The summed E-state index contributed by atoms with van der Waals surface area (Å²) in [4.78, 5) is 27.8. The van der Waals surface area contributed by atoms with E-state index in [2.05, 4.69) is 31.0 Å². The number of carbonyl (C=O) groups is 2. The summed E-state index contributed by atoms with van der Waals surface area (Å²) >= 11 is 0. The summed E-state index contributed by atoms with van der Waals surface area (Å²) in [5.74, 6) is -0.183. The average molecular weight is 483 g/mol. The average Bonchev–Trinajstić information content (AvgIpc) is 2.99. The van der Waals surface area contributed by atoms with Crippen LogP contribution in [0.4, 0.5) is 0 Å². The Hall–Kier alpha value is -2.67.